The van der Waals surface area contributed by atoms with Crippen LogP contribution in [0.25, 0.3) is 10.9 Å². The average molecular weight is 361 g/mol. The van der Waals surface area contributed by atoms with Crippen LogP contribution in [0, 0.1) is 0 Å². The predicted molar refractivity (Wildman–Crippen MR) is 110 cm³/mol. The summed E-state index contributed by atoms with van der Waals surface area (Å²) in [5.74, 6) is 0.214. The number of hydrogen-bond donors (Lipinski definition) is 0. The summed E-state index contributed by atoms with van der Waals surface area (Å²) < 4.78 is 2.22. The molecule has 1 atom stereocenters. The Hall–Kier alpha value is -2.36. The van der Waals surface area contributed by atoms with Gasteiger partial charge >= 0.3 is 0 Å². The maximum atomic E-state index is 13.8. The highest BCUT2D eigenvalue weighted by Crippen LogP contribution is 2.38. The fraction of sp³-hybridized carbons (Fsp3) is 0.478. The largest absolute Gasteiger partial charge is 0.334 e. The molecule has 0 N–H and O–H groups in total. The maximum Gasteiger partial charge on any atom is 0.271 e. The Labute approximate surface area is 160 Å². The van der Waals surface area contributed by atoms with Crippen LogP contribution in [0.15, 0.2) is 46.5 Å². The van der Waals surface area contributed by atoms with E-state index in [1.165, 1.54) is 11.1 Å². The van der Waals surface area contributed by atoms with Crippen LogP contribution < -0.4 is 0 Å². The molecule has 1 aromatic carbocycles. The van der Waals surface area contributed by atoms with Gasteiger partial charge in [0.15, 0.2) is 0 Å². The Balaban J connectivity index is 1.52. The first kappa shape index (κ1) is 16.8. The Bertz CT molecular complexity index is 961. The molecule has 4 nitrogen and oxygen atoms in total. The maximum absolute atomic E-state index is 13.8. The Morgan fingerprint density at radius 3 is 2.78 bits per heavy atom. The fourth-order valence-electron chi connectivity index (χ4n) is 4.84. The van der Waals surface area contributed by atoms with E-state index in [2.05, 4.69) is 58.6 Å². The molecule has 5 rings (SSSR count). The van der Waals surface area contributed by atoms with Crippen LogP contribution in [0.5, 0.6) is 0 Å². The lowest BCUT2D eigenvalue weighted by Crippen LogP contribution is -2.44. The van der Waals surface area contributed by atoms with E-state index in [-0.39, 0.29) is 11.9 Å². The predicted octanol–water partition coefficient (Wildman–Crippen LogP) is 4.76. The first-order chi connectivity index (χ1) is 13.1. The number of carbonyl (C=O) groups is 1. The van der Waals surface area contributed by atoms with Crippen molar-refractivity contribution in [1.29, 1.82) is 0 Å². The van der Waals surface area contributed by atoms with Crippen molar-refractivity contribution in [3.63, 3.8) is 0 Å². The number of nitrogens with zero attached hydrogens (tertiary/aromatic N) is 3. The third kappa shape index (κ3) is 2.82. The van der Waals surface area contributed by atoms with E-state index in [9.17, 15) is 4.79 Å². The lowest BCUT2D eigenvalue weighted by atomic mass is 9.88. The Morgan fingerprint density at radius 1 is 1.19 bits per heavy atom. The van der Waals surface area contributed by atoms with Gasteiger partial charge in [0.25, 0.3) is 5.91 Å². The van der Waals surface area contributed by atoms with Gasteiger partial charge < -0.3 is 9.47 Å². The second kappa shape index (κ2) is 6.36. The second-order valence-electron chi connectivity index (χ2n) is 8.49. The highest BCUT2D eigenvalue weighted by Gasteiger charge is 2.40. The van der Waals surface area contributed by atoms with Gasteiger partial charge in [-0.1, -0.05) is 18.2 Å². The number of amides is 1. The van der Waals surface area contributed by atoms with Crippen molar-refractivity contribution in [3.8, 4) is 0 Å². The zero-order valence-electron chi connectivity index (χ0n) is 16.2. The molecular weight excluding hydrogens is 334 g/mol. The van der Waals surface area contributed by atoms with Crippen LogP contribution in [0.2, 0.25) is 0 Å². The number of aliphatic imine (C=N–C) groups is 1. The molecule has 1 aliphatic heterocycles. The van der Waals surface area contributed by atoms with Gasteiger partial charge in [-0.05, 0) is 69.2 Å². The Morgan fingerprint density at radius 2 is 2.00 bits per heavy atom. The third-order valence-electron chi connectivity index (χ3n) is 6.27. The van der Waals surface area contributed by atoms with Crippen molar-refractivity contribution in [3.05, 3.63) is 47.2 Å². The third-order valence-corrected chi connectivity index (χ3v) is 6.27. The summed E-state index contributed by atoms with van der Waals surface area (Å²) in [6.07, 6.45) is 7.47. The van der Waals surface area contributed by atoms with Crippen molar-refractivity contribution in [2.45, 2.75) is 64.1 Å². The smallest absolute Gasteiger partial charge is 0.271 e. The highest BCUT2D eigenvalue weighted by molar-refractivity contribution is 5.99. The molecule has 0 bridgehead atoms. The van der Waals surface area contributed by atoms with Crippen molar-refractivity contribution < 1.29 is 4.79 Å². The van der Waals surface area contributed by atoms with Crippen molar-refractivity contribution in [2.24, 2.45) is 4.99 Å². The molecule has 1 saturated carbocycles. The molecule has 0 spiro atoms. The van der Waals surface area contributed by atoms with Gasteiger partial charge in [-0.2, -0.15) is 0 Å². The second-order valence-corrected chi connectivity index (χ2v) is 8.49. The molecule has 1 unspecified atom stereocenters. The number of benzene rings is 1. The summed E-state index contributed by atoms with van der Waals surface area (Å²) in [4.78, 5) is 20.4. The fourth-order valence-corrected chi connectivity index (χ4v) is 4.84. The van der Waals surface area contributed by atoms with Crippen LogP contribution in [0.3, 0.4) is 0 Å². The van der Waals surface area contributed by atoms with Gasteiger partial charge in [0.2, 0.25) is 0 Å². The molecule has 2 aliphatic carbocycles. The highest BCUT2D eigenvalue weighted by atomic mass is 16.2. The van der Waals surface area contributed by atoms with E-state index in [0.717, 1.165) is 55.2 Å². The van der Waals surface area contributed by atoms with Gasteiger partial charge in [-0.3, -0.25) is 9.79 Å². The van der Waals surface area contributed by atoms with Crippen LogP contribution >= 0.6 is 0 Å². The Kier molecular flexibility index (Phi) is 3.96. The van der Waals surface area contributed by atoms with Gasteiger partial charge in [-0.15, -0.1) is 0 Å². The van der Waals surface area contributed by atoms with Gasteiger partial charge in [0.1, 0.15) is 5.69 Å². The van der Waals surface area contributed by atoms with Crippen molar-refractivity contribution in [2.75, 3.05) is 6.54 Å². The lowest BCUT2D eigenvalue weighted by Gasteiger charge is -2.35. The van der Waals surface area contributed by atoms with Gasteiger partial charge in [0.05, 0.1) is 6.54 Å². The number of rotatable bonds is 4. The van der Waals surface area contributed by atoms with E-state index in [4.69, 9.17) is 0 Å². The standard InChI is InChI=1S/C23H27N3O/c1-15(2)25-21-6-4-3-5-16(21)12-22(25)23(27)26(19-9-10-19)20-8-7-17-13-24-14-18(17)11-20/h3-6,12,14-15,19-20H,7-11,13H2,1-2H3. The molecule has 0 radical (unpaired) electrons. The van der Waals surface area contributed by atoms with Crippen LogP contribution in [0.1, 0.15) is 62.5 Å². The van der Waals surface area contributed by atoms with E-state index >= 15 is 0 Å². The summed E-state index contributed by atoms with van der Waals surface area (Å²) in [6, 6.07) is 11.4. The van der Waals surface area contributed by atoms with Crippen LogP contribution in [0.4, 0.5) is 0 Å². The molecule has 2 heterocycles. The molecule has 140 valence electrons. The molecule has 1 amide bonds. The van der Waals surface area contributed by atoms with E-state index < -0.39 is 0 Å². The minimum atomic E-state index is 0.214. The normalized spacial score (nSPS) is 22.0. The molecule has 1 fully saturated rings. The van der Waals surface area contributed by atoms with Crippen LogP contribution in [-0.2, 0) is 0 Å². The SMILES string of the molecule is CC(C)n1c(C(=O)N(C2CC2)C2CCC3=C(C=NC3)C2)cc2ccccc21. The summed E-state index contributed by atoms with van der Waals surface area (Å²) in [5.41, 5.74) is 4.88. The first-order valence-corrected chi connectivity index (χ1v) is 10.3. The van der Waals surface area contributed by atoms with Crippen LogP contribution in [-0.4, -0.2) is 40.2 Å². The summed E-state index contributed by atoms with van der Waals surface area (Å²) >= 11 is 0. The number of carbonyl (C=O) groups excluding carboxylic acids is 1. The molecular formula is C23H27N3O. The zero-order valence-corrected chi connectivity index (χ0v) is 16.2. The average Bonchev–Trinajstić information content (AvgIpc) is 3.24. The zero-order chi connectivity index (χ0) is 18.5. The summed E-state index contributed by atoms with van der Waals surface area (Å²) in [5, 5.41) is 1.15. The van der Waals surface area contributed by atoms with E-state index in [1.807, 2.05) is 6.21 Å². The first-order valence-electron chi connectivity index (χ1n) is 10.3. The number of hydrogen-bond acceptors (Lipinski definition) is 2. The summed E-state index contributed by atoms with van der Waals surface area (Å²) in [6.45, 7) is 5.20. The molecule has 3 aliphatic rings. The lowest BCUT2D eigenvalue weighted by molar-refractivity contribution is 0.0633. The minimum absolute atomic E-state index is 0.214. The summed E-state index contributed by atoms with van der Waals surface area (Å²) in [7, 11) is 0. The van der Waals surface area contributed by atoms with Gasteiger partial charge in [0, 0.05) is 35.2 Å². The quantitative estimate of drug-likeness (QED) is 0.773. The topological polar surface area (TPSA) is 37.6 Å². The molecule has 27 heavy (non-hydrogen) atoms. The monoisotopic (exact) mass is 361 g/mol. The number of aromatic nitrogens is 1. The number of fused-ring (bicyclic) bond motifs is 1. The number of para-hydroxylation sites is 1. The van der Waals surface area contributed by atoms with E-state index in [0.29, 0.717) is 12.1 Å². The van der Waals surface area contributed by atoms with E-state index in [1.54, 1.807) is 0 Å². The van der Waals surface area contributed by atoms with Gasteiger partial charge in [-0.25, -0.2) is 0 Å². The molecule has 2 aromatic rings. The van der Waals surface area contributed by atoms with Crippen molar-refractivity contribution >= 4 is 23.0 Å². The molecule has 0 saturated heterocycles. The molecule has 1 aromatic heterocycles. The van der Waals surface area contributed by atoms with Crippen molar-refractivity contribution in [1.82, 2.24) is 9.47 Å². The minimum Gasteiger partial charge on any atom is -0.334 e. The molecule has 4 heteroatoms.